The molecule has 5 heteroatoms. The lowest BCUT2D eigenvalue weighted by Gasteiger charge is -2.28. The number of phenolic OH excluding ortho intramolecular Hbond substituents is 1. The van der Waals surface area contributed by atoms with Crippen LogP contribution in [0.5, 0.6) is 5.75 Å². The number of hydrogen-bond donors (Lipinski definition) is 2. The standard InChI is InChI=1S/C14H18ClNO3/c1-16(9-14(19)6-2-3-7-14)13(18)10-4-5-12(17)11(15)8-10/h4-5,8,17,19H,2-3,6-7,9H2,1H3. The van der Waals surface area contributed by atoms with Gasteiger partial charge in [-0.25, -0.2) is 0 Å². The third kappa shape index (κ3) is 3.19. The number of carbonyl (C=O) groups is 1. The maximum Gasteiger partial charge on any atom is 0.253 e. The van der Waals surface area contributed by atoms with Gasteiger partial charge >= 0.3 is 0 Å². The van der Waals surface area contributed by atoms with Gasteiger partial charge in [-0.05, 0) is 31.0 Å². The number of aliphatic hydroxyl groups is 1. The van der Waals surface area contributed by atoms with Crippen molar-refractivity contribution >= 4 is 17.5 Å². The first kappa shape index (κ1) is 14.2. The third-order valence-corrected chi connectivity index (χ3v) is 3.91. The number of likely N-dealkylation sites (N-methyl/N-ethyl adjacent to an activating group) is 1. The normalized spacial score (nSPS) is 17.4. The summed E-state index contributed by atoms with van der Waals surface area (Å²) in [7, 11) is 1.67. The molecule has 0 heterocycles. The molecule has 1 aromatic rings. The van der Waals surface area contributed by atoms with E-state index < -0.39 is 5.60 Å². The van der Waals surface area contributed by atoms with E-state index in [9.17, 15) is 15.0 Å². The van der Waals surface area contributed by atoms with Crippen molar-refractivity contribution in [1.29, 1.82) is 0 Å². The molecule has 104 valence electrons. The van der Waals surface area contributed by atoms with E-state index in [-0.39, 0.29) is 16.7 Å². The second kappa shape index (κ2) is 5.39. The highest BCUT2D eigenvalue weighted by Crippen LogP contribution is 2.30. The summed E-state index contributed by atoms with van der Waals surface area (Å²) in [6.45, 7) is 0.324. The topological polar surface area (TPSA) is 60.8 Å². The van der Waals surface area contributed by atoms with Gasteiger partial charge in [0, 0.05) is 19.2 Å². The van der Waals surface area contributed by atoms with Gasteiger partial charge in [0.2, 0.25) is 0 Å². The Balaban J connectivity index is 2.08. The van der Waals surface area contributed by atoms with Crippen LogP contribution in [-0.4, -0.2) is 40.2 Å². The molecule has 0 aliphatic heterocycles. The fourth-order valence-electron chi connectivity index (χ4n) is 2.56. The highest BCUT2D eigenvalue weighted by Gasteiger charge is 2.33. The second-order valence-corrected chi connectivity index (χ2v) is 5.67. The minimum atomic E-state index is -0.759. The largest absolute Gasteiger partial charge is 0.506 e. The van der Waals surface area contributed by atoms with Crippen molar-refractivity contribution in [2.75, 3.05) is 13.6 Å². The molecule has 0 radical (unpaired) electrons. The average molecular weight is 284 g/mol. The van der Waals surface area contributed by atoms with Gasteiger partial charge in [-0.15, -0.1) is 0 Å². The van der Waals surface area contributed by atoms with E-state index >= 15 is 0 Å². The van der Waals surface area contributed by atoms with Crippen LogP contribution < -0.4 is 0 Å². The summed E-state index contributed by atoms with van der Waals surface area (Å²) in [4.78, 5) is 13.7. The van der Waals surface area contributed by atoms with Gasteiger partial charge in [0.05, 0.1) is 10.6 Å². The zero-order valence-corrected chi connectivity index (χ0v) is 11.7. The van der Waals surface area contributed by atoms with Crippen LogP contribution in [0.25, 0.3) is 0 Å². The Morgan fingerprint density at radius 1 is 1.42 bits per heavy atom. The van der Waals surface area contributed by atoms with E-state index in [1.165, 1.54) is 23.1 Å². The molecule has 1 amide bonds. The molecule has 2 N–H and O–H groups in total. The highest BCUT2D eigenvalue weighted by atomic mass is 35.5. The van der Waals surface area contributed by atoms with Crippen LogP contribution in [0.2, 0.25) is 5.02 Å². The van der Waals surface area contributed by atoms with Gasteiger partial charge in [0.15, 0.2) is 0 Å². The molecule has 1 fully saturated rings. The highest BCUT2D eigenvalue weighted by molar-refractivity contribution is 6.32. The number of halogens is 1. The van der Waals surface area contributed by atoms with Gasteiger partial charge in [-0.1, -0.05) is 24.4 Å². The molecule has 4 nitrogen and oxygen atoms in total. The summed E-state index contributed by atoms with van der Waals surface area (Å²) < 4.78 is 0. The van der Waals surface area contributed by atoms with E-state index in [1.807, 2.05) is 0 Å². The van der Waals surface area contributed by atoms with E-state index in [1.54, 1.807) is 7.05 Å². The molecule has 0 saturated heterocycles. The lowest BCUT2D eigenvalue weighted by molar-refractivity contribution is 0.0157. The molecule has 0 atom stereocenters. The van der Waals surface area contributed by atoms with E-state index in [0.717, 1.165) is 25.7 Å². The zero-order chi connectivity index (χ0) is 14.0. The molecule has 1 aliphatic carbocycles. The summed E-state index contributed by atoms with van der Waals surface area (Å²) in [6, 6.07) is 4.36. The van der Waals surface area contributed by atoms with Crippen molar-refractivity contribution in [1.82, 2.24) is 4.90 Å². The Morgan fingerprint density at radius 3 is 2.63 bits per heavy atom. The molecule has 1 saturated carbocycles. The zero-order valence-electron chi connectivity index (χ0n) is 10.9. The number of amides is 1. The number of aromatic hydroxyl groups is 1. The molecule has 0 spiro atoms. The molecule has 0 aromatic heterocycles. The van der Waals surface area contributed by atoms with Crippen LogP contribution >= 0.6 is 11.6 Å². The van der Waals surface area contributed by atoms with Gasteiger partial charge in [-0.2, -0.15) is 0 Å². The van der Waals surface area contributed by atoms with Crippen molar-refractivity contribution < 1.29 is 15.0 Å². The smallest absolute Gasteiger partial charge is 0.253 e. The van der Waals surface area contributed by atoms with Crippen LogP contribution in [-0.2, 0) is 0 Å². The minimum absolute atomic E-state index is 0.0460. The number of nitrogens with zero attached hydrogens (tertiary/aromatic N) is 1. The number of benzene rings is 1. The summed E-state index contributed by atoms with van der Waals surface area (Å²) >= 11 is 5.79. The van der Waals surface area contributed by atoms with Crippen LogP contribution in [0.4, 0.5) is 0 Å². The van der Waals surface area contributed by atoms with Crippen molar-refractivity contribution in [2.24, 2.45) is 0 Å². The molecule has 19 heavy (non-hydrogen) atoms. The van der Waals surface area contributed by atoms with E-state index in [2.05, 4.69) is 0 Å². The second-order valence-electron chi connectivity index (χ2n) is 5.26. The van der Waals surface area contributed by atoms with Crippen LogP contribution in [0.1, 0.15) is 36.0 Å². The van der Waals surface area contributed by atoms with Gasteiger partial charge < -0.3 is 15.1 Å². The molecule has 1 aromatic carbocycles. The Kier molecular flexibility index (Phi) is 4.02. The number of phenols is 1. The predicted molar refractivity (Wildman–Crippen MR) is 73.5 cm³/mol. The molecule has 0 bridgehead atoms. The fourth-order valence-corrected chi connectivity index (χ4v) is 2.75. The Bertz CT molecular complexity index is 484. The van der Waals surface area contributed by atoms with Gasteiger partial charge in [-0.3, -0.25) is 4.79 Å². The lowest BCUT2D eigenvalue weighted by Crippen LogP contribution is -2.42. The Hall–Kier alpha value is -1.26. The summed E-state index contributed by atoms with van der Waals surface area (Å²) in [5.74, 6) is -0.252. The number of hydrogen-bond acceptors (Lipinski definition) is 3. The van der Waals surface area contributed by atoms with Crippen LogP contribution in [0.15, 0.2) is 18.2 Å². The SMILES string of the molecule is CN(CC1(O)CCCC1)C(=O)c1ccc(O)c(Cl)c1. The molecular formula is C14H18ClNO3. The molecular weight excluding hydrogens is 266 g/mol. The van der Waals surface area contributed by atoms with Crippen molar-refractivity contribution in [3.05, 3.63) is 28.8 Å². The Morgan fingerprint density at radius 2 is 2.05 bits per heavy atom. The summed E-state index contributed by atoms with van der Waals surface area (Å²) in [5.41, 5.74) is -0.350. The fraction of sp³-hybridized carbons (Fsp3) is 0.500. The molecule has 1 aliphatic rings. The predicted octanol–water partition coefficient (Wildman–Crippen LogP) is 2.42. The third-order valence-electron chi connectivity index (χ3n) is 3.61. The van der Waals surface area contributed by atoms with E-state index in [4.69, 9.17) is 11.6 Å². The quantitative estimate of drug-likeness (QED) is 0.896. The molecule has 0 unspecified atom stereocenters. The first-order chi connectivity index (χ1) is 8.91. The first-order valence-electron chi connectivity index (χ1n) is 6.38. The van der Waals surface area contributed by atoms with Crippen molar-refractivity contribution in [3.63, 3.8) is 0 Å². The average Bonchev–Trinajstić information content (AvgIpc) is 2.78. The lowest BCUT2D eigenvalue weighted by atomic mass is 10.0. The van der Waals surface area contributed by atoms with Gasteiger partial charge in [0.1, 0.15) is 5.75 Å². The maximum atomic E-state index is 12.2. The van der Waals surface area contributed by atoms with Crippen LogP contribution in [0, 0.1) is 0 Å². The van der Waals surface area contributed by atoms with E-state index in [0.29, 0.717) is 12.1 Å². The minimum Gasteiger partial charge on any atom is -0.506 e. The summed E-state index contributed by atoms with van der Waals surface area (Å²) in [6.07, 6.45) is 3.48. The maximum absolute atomic E-state index is 12.2. The van der Waals surface area contributed by atoms with Gasteiger partial charge in [0.25, 0.3) is 5.91 Å². The molecule has 2 rings (SSSR count). The summed E-state index contributed by atoms with van der Waals surface area (Å²) in [5, 5.41) is 19.8. The Labute approximate surface area is 117 Å². The first-order valence-corrected chi connectivity index (χ1v) is 6.75. The monoisotopic (exact) mass is 283 g/mol. The number of rotatable bonds is 3. The van der Waals surface area contributed by atoms with Crippen LogP contribution in [0.3, 0.4) is 0 Å². The van der Waals surface area contributed by atoms with Crippen molar-refractivity contribution in [3.8, 4) is 5.75 Å². The number of carbonyl (C=O) groups excluding carboxylic acids is 1. The van der Waals surface area contributed by atoms with Crippen molar-refractivity contribution in [2.45, 2.75) is 31.3 Å².